The van der Waals surface area contributed by atoms with E-state index in [9.17, 15) is 0 Å². The third kappa shape index (κ3) is 5.72. The van der Waals surface area contributed by atoms with Gasteiger partial charge in [-0.3, -0.25) is 0 Å². The van der Waals surface area contributed by atoms with Crippen LogP contribution in [0.3, 0.4) is 0 Å². The van der Waals surface area contributed by atoms with Crippen molar-refractivity contribution in [3.05, 3.63) is 212 Å². The number of allylic oxidation sites excluding steroid dienone is 1. The molecule has 58 heavy (non-hydrogen) atoms. The first-order chi connectivity index (χ1) is 28.4. The molecule has 0 spiro atoms. The van der Waals surface area contributed by atoms with Crippen molar-refractivity contribution < 1.29 is 4.42 Å². The summed E-state index contributed by atoms with van der Waals surface area (Å²) in [6.07, 6.45) is 1.75. The highest BCUT2D eigenvalue weighted by molar-refractivity contribution is 6.15. The molecule has 0 N–H and O–H groups in total. The minimum atomic E-state index is -0.115. The van der Waals surface area contributed by atoms with Crippen LogP contribution < -0.4 is 4.90 Å². The molecule has 0 aliphatic heterocycles. The lowest BCUT2D eigenvalue weighted by Crippen LogP contribution is -2.16. The topological polar surface area (TPSA) is 16.4 Å². The van der Waals surface area contributed by atoms with Crippen molar-refractivity contribution in [2.24, 2.45) is 0 Å². The van der Waals surface area contributed by atoms with Crippen LogP contribution in [0.5, 0.6) is 0 Å². The van der Waals surface area contributed by atoms with E-state index in [2.05, 4.69) is 213 Å². The molecule has 0 saturated heterocycles. The molecule has 11 rings (SSSR count). The summed E-state index contributed by atoms with van der Waals surface area (Å²) in [5.41, 5.74) is 15.1. The molecule has 2 heteroatoms. The Kier molecular flexibility index (Phi) is 8.57. The SMILES string of the molecule is C=CC.CC1(C)c2ccccc2-c2ccc(N(c3ccc(-c4cccc5c4oc4ccc(-c6ccccc6)cc45)cc3)c3cc4ccccc4c4ccccc34)cc21. The largest absolute Gasteiger partial charge is 0.455 e. The summed E-state index contributed by atoms with van der Waals surface area (Å²) in [6, 6.07) is 68.4. The third-order valence-electron chi connectivity index (χ3n) is 11.9. The van der Waals surface area contributed by atoms with E-state index in [4.69, 9.17) is 4.42 Å². The minimum absolute atomic E-state index is 0.115. The summed E-state index contributed by atoms with van der Waals surface area (Å²) < 4.78 is 6.61. The van der Waals surface area contributed by atoms with Gasteiger partial charge in [-0.25, -0.2) is 0 Å². The molecule has 2 nitrogen and oxygen atoms in total. The van der Waals surface area contributed by atoms with Crippen LogP contribution in [0.15, 0.2) is 205 Å². The van der Waals surface area contributed by atoms with Crippen LogP contribution in [0.25, 0.3) is 76.9 Å². The van der Waals surface area contributed by atoms with Gasteiger partial charge in [0.05, 0.1) is 5.69 Å². The highest BCUT2D eigenvalue weighted by atomic mass is 16.3. The van der Waals surface area contributed by atoms with Crippen LogP contribution in [0.2, 0.25) is 0 Å². The van der Waals surface area contributed by atoms with Gasteiger partial charge in [-0.05, 0) is 104 Å². The Bertz CT molecular complexity index is 3170. The lowest BCUT2D eigenvalue weighted by Gasteiger charge is -2.29. The Morgan fingerprint density at radius 3 is 1.90 bits per heavy atom. The number of hydrogen-bond acceptors (Lipinski definition) is 2. The van der Waals surface area contributed by atoms with Crippen LogP contribution in [0.1, 0.15) is 31.9 Å². The molecule has 0 unspecified atom stereocenters. The van der Waals surface area contributed by atoms with Crippen molar-refractivity contribution >= 4 is 60.5 Å². The van der Waals surface area contributed by atoms with Crippen molar-refractivity contribution in [3.63, 3.8) is 0 Å². The number of para-hydroxylation sites is 1. The Hall–Kier alpha value is -7.16. The summed E-state index contributed by atoms with van der Waals surface area (Å²) in [5.74, 6) is 0. The van der Waals surface area contributed by atoms with Crippen molar-refractivity contribution in [3.8, 4) is 33.4 Å². The van der Waals surface area contributed by atoms with Crippen LogP contribution in [-0.4, -0.2) is 0 Å². The molecule has 0 radical (unpaired) electrons. The van der Waals surface area contributed by atoms with Gasteiger partial charge in [-0.2, -0.15) is 0 Å². The van der Waals surface area contributed by atoms with E-state index in [0.717, 1.165) is 50.1 Å². The highest BCUT2D eigenvalue weighted by Crippen LogP contribution is 2.51. The Morgan fingerprint density at radius 2 is 1.09 bits per heavy atom. The van der Waals surface area contributed by atoms with Gasteiger partial charge in [-0.15, -0.1) is 6.58 Å². The van der Waals surface area contributed by atoms with Gasteiger partial charge in [0.25, 0.3) is 0 Å². The van der Waals surface area contributed by atoms with Gasteiger partial charge in [0.15, 0.2) is 0 Å². The summed E-state index contributed by atoms with van der Waals surface area (Å²) in [4.78, 5) is 2.45. The molecule has 0 amide bonds. The average Bonchev–Trinajstić information content (AvgIpc) is 3.76. The second-order valence-corrected chi connectivity index (χ2v) is 15.7. The van der Waals surface area contributed by atoms with Crippen LogP contribution in [0.4, 0.5) is 17.1 Å². The number of anilines is 3. The molecule has 0 atom stereocenters. The lowest BCUT2D eigenvalue weighted by atomic mass is 9.82. The molecule has 1 aliphatic rings. The van der Waals surface area contributed by atoms with E-state index in [1.807, 2.05) is 6.92 Å². The molecule has 10 aromatic rings. The Balaban J connectivity index is 0.00000132. The van der Waals surface area contributed by atoms with Crippen molar-refractivity contribution in [2.75, 3.05) is 4.90 Å². The van der Waals surface area contributed by atoms with Crippen LogP contribution >= 0.6 is 0 Å². The van der Waals surface area contributed by atoms with E-state index in [1.54, 1.807) is 6.08 Å². The second kappa shape index (κ2) is 14.1. The Morgan fingerprint density at radius 1 is 0.466 bits per heavy atom. The smallest absolute Gasteiger partial charge is 0.143 e. The van der Waals surface area contributed by atoms with E-state index in [1.165, 1.54) is 54.9 Å². The molecule has 0 bridgehead atoms. The van der Waals surface area contributed by atoms with E-state index in [-0.39, 0.29) is 5.41 Å². The first kappa shape index (κ1) is 35.3. The number of rotatable bonds is 5. The fourth-order valence-corrected chi connectivity index (χ4v) is 9.10. The van der Waals surface area contributed by atoms with Gasteiger partial charge in [0.2, 0.25) is 0 Å². The molecule has 278 valence electrons. The number of nitrogens with zero attached hydrogens (tertiary/aromatic N) is 1. The van der Waals surface area contributed by atoms with Gasteiger partial charge in [-0.1, -0.05) is 166 Å². The van der Waals surface area contributed by atoms with E-state index < -0.39 is 0 Å². The number of hydrogen-bond donors (Lipinski definition) is 0. The highest BCUT2D eigenvalue weighted by Gasteiger charge is 2.36. The number of benzene rings is 9. The van der Waals surface area contributed by atoms with Gasteiger partial charge < -0.3 is 9.32 Å². The molecular weight excluding hydrogens is 703 g/mol. The zero-order valence-electron chi connectivity index (χ0n) is 33.0. The maximum atomic E-state index is 6.61. The predicted octanol–water partition coefficient (Wildman–Crippen LogP) is 16.2. The number of furan rings is 1. The monoisotopic (exact) mass is 745 g/mol. The zero-order valence-corrected chi connectivity index (χ0v) is 33.0. The number of fused-ring (bicyclic) bond motifs is 9. The first-order valence-corrected chi connectivity index (χ1v) is 20.1. The van der Waals surface area contributed by atoms with Crippen molar-refractivity contribution in [1.82, 2.24) is 0 Å². The lowest BCUT2D eigenvalue weighted by molar-refractivity contribution is 0.660. The van der Waals surface area contributed by atoms with Crippen LogP contribution in [-0.2, 0) is 5.41 Å². The summed E-state index contributed by atoms with van der Waals surface area (Å²) in [7, 11) is 0. The predicted molar refractivity (Wildman–Crippen MR) is 248 cm³/mol. The van der Waals surface area contributed by atoms with E-state index >= 15 is 0 Å². The third-order valence-corrected chi connectivity index (χ3v) is 11.9. The quantitative estimate of drug-likeness (QED) is 0.129. The molecule has 9 aromatic carbocycles. The van der Waals surface area contributed by atoms with Crippen molar-refractivity contribution in [2.45, 2.75) is 26.2 Å². The Labute approximate surface area is 339 Å². The fraction of sp³-hybridized carbons (Fsp3) is 0.0714. The fourth-order valence-electron chi connectivity index (χ4n) is 9.10. The second-order valence-electron chi connectivity index (χ2n) is 15.7. The summed E-state index contributed by atoms with van der Waals surface area (Å²) in [5, 5.41) is 7.20. The maximum absolute atomic E-state index is 6.61. The van der Waals surface area contributed by atoms with Crippen LogP contribution in [0, 0.1) is 0 Å². The minimum Gasteiger partial charge on any atom is -0.455 e. The average molecular weight is 746 g/mol. The first-order valence-electron chi connectivity index (χ1n) is 20.1. The molecule has 0 fully saturated rings. The van der Waals surface area contributed by atoms with E-state index in [0.29, 0.717) is 0 Å². The van der Waals surface area contributed by atoms with Crippen molar-refractivity contribution in [1.29, 1.82) is 0 Å². The molecular formula is C56H43NO. The summed E-state index contributed by atoms with van der Waals surface area (Å²) >= 11 is 0. The van der Waals surface area contributed by atoms with Gasteiger partial charge >= 0.3 is 0 Å². The van der Waals surface area contributed by atoms with Gasteiger partial charge in [0.1, 0.15) is 11.2 Å². The maximum Gasteiger partial charge on any atom is 0.143 e. The van der Waals surface area contributed by atoms with Gasteiger partial charge in [0, 0.05) is 38.5 Å². The molecule has 0 saturated carbocycles. The molecule has 1 heterocycles. The summed E-state index contributed by atoms with van der Waals surface area (Å²) in [6.45, 7) is 9.96. The molecule has 1 aliphatic carbocycles. The molecule has 1 aromatic heterocycles. The normalized spacial score (nSPS) is 12.6. The standard InChI is InChI=1S/C53H37NO.C3H6/c1-53(2)48-22-11-10-18-43(48)44-29-28-39(33-49(44)53)54(50-32-37-15-6-7-16-40(37)42-17-8-9-19-45(42)50)38-26-23-35(24-27-38)41-20-12-21-46-47-31-36(34-13-4-3-5-14-34)25-30-51(47)55-52(41)46;1-3-2/h3-33H,1-2H3;3H,1H2,2H3. The zero-order chi connectivity index (χ0) is 39.4.